The monoisotopic (exact) mass is 432 g/mol. The summed E-state index contributed by atoms with van der Waals surface area (Å²) in [5, 5.41) is 0. The molecular weight excluding hydrogens is 404 g/mol. The van der Waals surface area contributed by atoms with Crippen molar-refractivity contribution in [1.29, 1.82) is 0 Å². The summed E-state index contributed by atoms with van der Waals surface area (Å²) in [5.74, 6) is 1.04. The molecule has 2 aliphatic heterocycles. The number of aromatic amines is 1. The number of fused-ring (bicyclic) bond motifs is 1. The Labute approximate surface area is 176 Å². The van der Waals surface area contributed by atoms with E-state index in [9.17, 15) is 13.2 Å². The number of aromatic nitrogens is 2. The van der Waals surface area contributed by atoms with E-state index >= 15 is 0 Å². The van der Waals surface area contributed by atoms with E-state index in [0.717, 1.165) is 24.2 Å². The molecule has 0 unspecified atom stereocenters. The number of benzene rings is 1. The second kappa shape index (κ2) is 8.13. The van der Waals surface area contributed by atoms with Crippen LogP contribution < -0.4 is 10.3 Å². The highest BCUT2D eigenvalue weighted by atomic mass is 32.2. The van der Waals surface area contributed by atoms with Crippen molar-refractivity contribution >= 4 is 10.0 Å². The zero-order valence-corrected chi connectivity index (χ0v) is 18.4. The summed E-state index contributed by atoms with van der Waals surface area (Å²) in [7, 11) is -2.17. The Morgan fingerprint density at radius 1 is 1.20 bits per heavy atom. The fraction of sp³-hybridized carbons (Fsp3) is 0.524. The van der Waals surface area contributed by atoms with E-state index in [2.05, 4.69) is 23.7 Å². The molecule has 0 radical (unpaired) electrons. The predicted molar refractivity (Wildman–Crippen MR) is 113 cm³/mol. The predicted octanol–water partition coefficient (Wildman–Crippen LogP) is 2.07. The first-order chi connectivity index (χ1) is 14.3. The third-order valence-electron chi connectivity index (χ3n) is 6.04. The van der Waals surface area contributed by atoms with Gasteiger partial charge < -0.3 is 9.72 Å². The van der Waals surface area contributed by atoms with Crippen molar-refractivity contribution in [3.63, 3.8) is 0 Å². The first-order valence-corrected chi connectivity index (χ1v) is 11.8. The van der Waals surface area contributed by atoms with Crippen LogP contribution in [-0.4, -0.2) is 53.8 Å². The zero-order valence-electron chi connectivity index (χ0n) is 17.6. The number of sulfonamides is 1. The summed E-state index contributed by atoms with van der Waals surface area (Å²) >= 11 is 0. The number of nitrogens with zero attached hydrogens (tertiary/aromatic N) is 3. The lowest BCUT2D eigenvalue weighted by atomic mass is 10.0. The van der Waals surface area contributed by atoms with Gasteiger partial charge in [-0.1, -0.05) is 0 Å². The number of hydrogen-bond donors (Lipinski definition) is 1. The van der Waals surface area contributed by atoms with Crippen molar-refractivity contribution in [2.45, 2.75) is 56.6 Å². The summed E-state index contributed by atoms with van der Waals surface area (Å²) in [6.07, 6.45) is 2.01. The SMILES string of the molecule is COc1ccc(S(=O)(=O)N2CCC[C@@H]2c2nc3c(c(=O)[nH]2)CCN(C(C)C)C3)cc1. The van der Waals surface area contributed by atoms with Gasteiger partial charge in [-0.3, -0.25) is 9.69 Å². The van der Waals surface area contributed by atoms with Gasteiger partial charge in [0.15, 0.2) is 0 Å². The molecule has 8 nitrogen and oxygen atoms in total. The Morgan fingerprint density at radius 3 is 2.60 bits per heavy atom. The van der Waals surface area contributed by atoms with Crippen LogP contribution in [0.2, 0.25) is 0 Å². The quantitative estimate of drug-likeness (QED) is 0.777. The van der Waals surface area contributed by atoms with Gasteiger partial charge in [0.25, 0.3) is 5.56 Å². The molecule has 1 fully saturated rings. The molecule has 1 atom stereocenters. The second-order valence-corrected chi connectivity index (χ2v) is 10.0. The summed E-state index contributed by atoms with van der Waals surface area (Å²) in [5.41, 5.74) is 1.34. The van der Waals surface area contributed by atoms with Gasteiger partial charge in [0, 0.05) is 31.2 Å². The van der Waals surface area contributed by atoms with E-state index in [1.54, 1.807) is 31.4 Å². The Bertz CT molecular complexity index is 1080. The Balaban J connectivity index is 1.67. The minimum absolute atomic E-state index is 0.146. The first kappa shape index (κ1) is 21.0. The lowest BCUT2D eigenvalue weighted by molar-refractivity contribution is 0.198. The molecule has 162 valence electrons. The van der Waals surface area contributed by atoms with Gasteiger partial charge in [-0.05, 0) is 57.4 Å². The van der Waals surface area contributed by atoms with E-state index < -0.39 is 16.1 Å². The summed E-state index contributed by atoms with van der Waals surface area (Å²) in [4.78, 5) is 22.8. The third kappa shape index (κ3) is 3.77. The zero-order chi connectivity index (χ0) is 21.5. The molecule has 1 saturated heterocycles. The third-order valence-corrected chi connectivity index (χ3v) is 7.96. The topological polar surface area (TPSA) is 95.6 Å². The number of hydrogen-bond acceptors (Lipinski definition) is 6. The average Bonchev–Trinajstić information content (AvgIpc) is 3.24. The molecule has 30 heavy (non-hydrogen) atoms. The number of nitrogens with one attached hydrogen (secondary N) is 1. The van der Waals surface area contributed by atoms with E-state index in [1.165, 1.54) is 4.31 Å². The first-order valence-electron chi connectivity index (χ1n) is 10.3. The van der Waals surface area contributed by atoms with Crippen molar-refractivity contribution < 1.29 is 13.2 Å². The molecule has 9 heteroatoms. The van der Waals surface area contributed by atoms with Gasteiger partial charge in [-0.15, -0.1) is 0 Å². The van der Waals surface area contributed by atoms with Crippen molar-refractivity contribution in [3.8, 4) is 5.75 Å². The average molecular weight is 433 g/mol. The molecule has 2 aromatic rings. The largest absolute Gasteiger partial charge is 0.497 e. The van der Waals surface area contributed by atoms with Crippen molar-refractivity contribution in [2.75, 3.05) is 20.2 Å². The molecule has 0 saturated carbocycles. The van der Waals surface area contributed by atoms with Crippen LogP contribution in [0.3, 0.4) is 0 Å². The highest BCUT2D eigenvalue weighted by Crippen LogP contribution is 2.35. The van der Waals surface area contributed by atoms with Gasteiger partial charge in [-0.2, -0.15) is 4.31 Å². The highest BCUT2D eigenvalue weighted by Gasteiger charge is 2.38. The molecule has 0 spiro atoms. The van der Waals surface area contributed by atoms with Gasteiger partial charge >= 0.3 is 0 Å². The Hall–Kier alpha value is -2.23. The summed E-state index contributed by atoms with van der Waals surface area (Å²) in [6, 6.07) is 6.26. The van der Waals surface area contributed by atoms with Crippen LogP contribution in [0.4, 0.5) is 0 Å². The lowest BCUT2D eigenvalue weighted by Crippen LogP contribution is -2.40. The molecule has 1 N–H and O–H groups in total. The van der Waals surface area contributed by atoms with E-state index in [0.29, 0.717) is 43.5 Å². The molecule has 0 amide bonds. The van der Waals surface area contributed by atoms with Crippen LogP contribution in [-0.2, 0) is 23.0 Å². The number of rotatable bonds is 5. The van der Waals surface area contributed by atoms with E-state index in [-0.39, 0.29) is 10.5 Å². The Morgan fingerprint density at radius 2 is 1.93 bits per heavy atom. The van der Waals surface area contributed by atoms with Crippen molar-refractivity contribution in [2.24, 2.45) is 0 Å². The standard InChI is InChI=1S/C21H28N4O4S/c1-14(2)24-12-10-17-18(13-24)22-20(23-21(17)26)19-5-4-11-25(19)30(27,28)16-8-6-15(29-3)7-9-16/h6-9,14,19H,4-5,10-13H2,1-3H3,(H,22,23,26)/t19-/m1/s1. The number of H-pyrrole nitrogens is 1. The van der Waals surface area contributed by atoms with Gasteiger partial charge in [0.1, 0.15) is 11.6 Å². The molecule has 1 aromatic heterocycles. The van der Waals surface area contributed by atoms with Crippen LogP contribution in [0.5, 0.6) is 5.75 Å². The smallest absolute Gasteiger partial charge is 0.254 e. The minimum Gasteiger partial charge on any atom is -0.497 e. The van der Waals surface area contributed by atoms with E-state index in [1.807, 2.05) is 0 Å². The van der Waals surface area contributed by atoms with Crippen LogP contribution in [0, 0.1) is 0 Å². The minimum atomic E-state index is -3.71. The Kier molecular flexibility index (Phi) is 5.69. The summed E-state index contributed by atoms with van der Waals surface area (Å²) < 4.78 is 33.2. The van der Waals surface area contributed by atoms with Crippen LogP contribution in [0.15, 0.2) is 34.0 Å². The maximum absolute atomic E-state index is 13.3. The van der Waals surface area contributed by atoms with Crippen LogP contribution >= 0.6 is 0 Å². The highest BCUT2D eigenvalue weighted by molar-refractivity contribution is 7.89. The second-order valence-electron chi connectivity index (χ2n) is 8.14. The van der Waals surface area contributed by atoms with Crippen LogP contribution in [0.1, 0.15) is 49.8 Å². The fourth-order valence-electron chi connectivity index (χ4n) is 4.26. The van der Waals surface area contributed by atoms with E-state index in [4.69, 9.17) is 9.72 Å². The van der Waals surface area contributed by atoms with Crippen molar-refractivity contribution in [3.05, 3.63) is 51.7 Å². The van der Waals surface area contributed by atoms with Gasteiger partial charge in [0.2, 0.25) is 10.0 Å². The normalized spacial score (nSPS) is 20.5. The number of methoxy groups -OCH3 is 1. The summed E-state index contributed by atoms with van der Waals surface area (Å²) in [6.45, 7) is 6.09. The van der Waals surface area contributed by atoms with Crippen LogP contribution in [0.25, 0.3) is 0 Å². The molecule has 3 heterocycles. The molecule has 0 bridgehead atoms. The van der Waals surface area contributed by atoms with Gasteiger partial charge in [-0.25, -0.2) is 13.4 Å². The fourth-order valence-corrected chi connectivity index (χ4v) is 5.92. The van der Waals surface area contributed by atoms with Crippen molar-refractivity contribution in [1.82, 2.24) is 19.2 Å². The molecule has 0 aliphatic carbocycles. The number of ether oxygens (including phenoxy) is 1. The molecule has 1 aromatic carbocycles. The van der Waals surface area contributed by atoms with Gasteiger partial charge in [0.05, 0.1) is 23.7 Å². The molecular formula is C21H28N4O4S. The lowest BCUT2D eigenvalue weighted by Gasteiger charge is -2.31. The molecule has 2 aliphatic rings. The maximum Gasteiger partial charge on any atom is 0.254 e. The maximum atomic E-state index is 13.3. The molecule has 4 rings (SSSR count).